The van der Waals surface area contributed by atoms with Crippen LogP contribution in [0.5, 0.6) is 0 Å². The lowest BCUT2D eigenvalue weighted by atomic mass is 9.98. The highest BCUT2D eigenvalue weighted by atomic mass is 32.2. The van der Waals surface area contributed by atoms with Gasteiger partial charge < -0.3 is 10.0 Å². The summed E-state index contributed by atoms with van der Waals surface area (Å²) in [5.41, 5.74) is 0.925. The summed E-state index contributed by atoms with van der Waals surface area (Å²) in [7, 11) is 0. The van der Waals surface area contributed by atoms with Crippen LogP contribution in [0.1, 0.15) is 25.3 Å². The van der Waals surface area contributed by atoms with E-state index in [9.17, 15) is 19.5 Å². The van der Waals surface area contributed by atoms with Gasteiger partial charge in [-0.3, -0.25) is 9.59 Å². The van der Waals surface area contributed by atoms with Gasteiger partial charge in [0.15, 0.2) is 0 Å². The van der Waals surface area contributed by atoms with Crippen molar-refractivity contribution in [2.45, 2.75) is 37.5 Å². The number of hydrogen-bond acceptors (Lipinski definition) is 4. The predicted octanol–water partition coefficient (Wildman–Crippen LogP) is 2.24. The highest BCUT2D eigenvalue weighted by molar-refractivity contribution is 7.99. The zero-order valence-electron chi connectivity index (χ0n) is 14.0. The normalized spacial score (nSPS) is 21.5. The van der Waals surface area contributed by atoms with Crippen molar-refractivity contribution in [3.63, 3.8) is 0 Å². The van der Waals surface area contributed by atoms with Crippen LogP contribution in [0, 0.1) is 5.92 Å². The number of aliphatic carboxylic acids is 1. The standard InChI is InChI=1S/C18H23NO4S/c1-12(8-14(20)9-13-6-4-3-5-7-13)17(21)19-11-15(24-2)10-16(19)18(22)23/h3-7,12,15-16H,8-11H2,1-2H3,(H,22,23)/t12?,15?,16-/m0/s1. The van der Waals surface area contributed by atoms with E-state index in [0.717, 1.165) is 5.56 Å². The van der Waals surface area contributed by atoms with E-state index in [1.54, 1.807) is 18.7 Å². The molecular weight excluding hydrogens is 326 g/mol. The van der Waals surface area contributed by atoms with Gasteiger partial charge in [0.1, 0.15) is 11.8 Å². The summed E-state index contributed by atoms with van der Waals surface area (Å²) in [5.74, 6) is -1.71. The van der Waals surface area contributed by atoms with E-state index < -0.39 is 17.9 Å². The van der Waals surface area contributed by atoms with Crippen molar-refractivity contribution in [3.8, 4) is 0 Å². The number of ketones is 1. The van der Waals surface area contributed by atoms with Crippen LogP contribution in [0.2, 0.25) is 0 Å². The molecule has 2 rings (SSSR count). The van der Waals surface area contributed by atoms with E-state index in [0.29, 0.717) is 19.4 Å². The number of carbonyl (C=O) groups excluding carboxylic acids is 2. The van der Waals surface area contributed by atoms with Gasteiger partial charge in [-0.2, -0.15) is 11.8 Å². The molecule has 1 N–H and O–H groups in total. The number of hydrogen-bond donors (Lipinski definition) is 1. The fourth-order valence-electron chi connectivity index (χ4n) is 3.05. The molecular formula is C18H23NO4S. The second-order valence-corrected chi connectivity index (χ2v) is 7.38. The molecule has 1 heterocycles. The Morgan fingerprint density at radius 1 is 1.29 bits per heavy atom. The van der Waals surface area contributed by atoms with Crippen LogP contribution in [0.4, 0.5) is 0 Å². The number of carboxylic acid groups (broad SMARTS) is 1. The van der Waals surface area contributed by atoms with E-state index in [1.807, 2.05) is 36.6 Å². The van der Waals surface area contributed by atoms with Crippen molar-refractivity contribution < 1.29 is 19.5 Å². The molecule has 0 spiro atoms. The minimum absolute atomic E-state index is 0.00506. The SMILES string of the molecule is CSC1C[C@@H](C(=O)O)N(C(=O)C(C)CC(=O)Cc2ccccc2)C1. The average Bonchev–Trinajstić information content (AvgIpc) is 2.99. The lowest BCUT2D eigenvalue weighted by molar-refractivity contribution is -0.150. The Balaban J connectivity index is 1.95. The van der Waals surface area contributed by atoms with Crippen LogP contribution in [-0.2, 0) is 20.8 Å². The summed E-state index contributed by atoms with van der Waals surface area (Å²) in [5, 5.41) is 9.48. The molecule has 1 fully saturated rings. The van der Waals surface area contributed by atoms with E-state index in [-0.39, 0.29) is 23.4 Å². The molecule has 24 heavy (non-hydrogen) atoms. The number of nitrogens with zero attached hydrogens (tertiary/aromatic N) is 1. The van der Waals surface area contributed by atoms with Gasteiger partial charge in [0.05, 0.1) is 0 Å². The molecule has 1 saturated heterocycles. The fourth-order valence-corrected chi connectivity index (χ4v) is 3.74. The topological polar surface area (TPSA) is 74.7 Å². The molecule has 5 nitrogen and oxygen atoms in total. The highest BCUT2D eigenvalue weighted by Gasteiger charge is 2.40. The maximum Gasteiger partial charge on any atom is 0.326 e. The van der Waals surface area contributed by atoms with E-state index >= 15 is 0 Å². The van der Waals surface area contributed by atoms with E-state index in [2.05, 4.69) is 0 Å². The number of carboxylic acids is 1. The first-order chi connectivity index (χ1) is 11.4. The second kappa shape index (κ2) is 8.33. The van der Waals surface area contributed by atoms with Crippen LogP contribution in [0.15, 0.2) is 30.3 Å². The van der Waals surface area contributed by atoms with Crippen molar-refractivity contribution in [2.24, 2.45) is 5.92 Å². The maximum absolute atomic E-state index is 12.6. The van der Waals surface area contributed by atoms with Crippen LogP contribution in [0.3, 0.4) is 0 Å². The van der Waals surface area contributed by atoms with Crippen LogP contribution in [0.25, 0.3) is 0 Å². The van der Waals surface area contributed by atoms with E-state index in [4.69, 9.17) is 0 Å². The molecule has 0 saturated carbocycles. The van der Waals surface area contributed by atoms with Gasteiger partial charge in [-0.15, -0.1) is 0 Å². The first kappa shape index (κ1) is 18.5. The number of likely N-dealkylation sites (tertiary alicyclic amines) is 1. The maximum atomic E-state index is 12.6. The average molecular weight is 349 g/mol. The molecule has 130 valence electrons. The number of Topliss-reactive ketones (excluding diaryl/α,β-unsaturated/α-hetero) is 1. The molecule has 1 aromatic carbocycles. The van der Waals surface area contributed by atoms with Gasteiger partial charge in [0, 0.05) is 30.6 Å². The lowest BCUT2D eigenvalue weighted by Gasteiger charge is -2.24. The summed E-state index contributed by atoms with van der Waals surface area (Å²) in [6.45, 7) is 2.14. The van der Waals surface area contributed by atoms with E-state index in [1.165, 1.54) is 4.90 Å². The molecule has 1 aliphatic heterocycles. The van der Waals surface area contributed by atoms with Gasteiger partial charge in [-0.25, -0.2) is 4.79 Å². The van der Waals surface area contributed by atoms with Crippen molar-refractivity contribution in [1.29, 1.82) is 0 Å². The van der Waals surface area contributed by atoms with Crippen LogP contribution in [-0.4, -0.2) is 51.8 Å². The molecule has 1 aromatic rings. The van der Waals surface area contributed by atoms with Gasteiger partial charge >= 0.3 is 5.97 Å². The lowest BCUT2D eigenvalue weighted by Crippen LogP contribution is -2.43. The highest BCUT2D eigenvalue weighted by Crippen LogP contribution is 2.28. The molecule has 6 heteroatoms. The molecule has 2 unspecified atom stereocenters. The monoisotopic (exact) mass is 349 g/mol. The first-order valence-corrected chi connectivity index (χ1v) is 9.32. The Labute approximate surface area is 146 Å². The van der Waals surface area contributed by atoms with Crippen molar-refractivity contribution >= 4 is 29.4 Å². The third kappa shape index (κ3) is 4.60. The summed E-state index contributed by atoms with van der Waals surface area (Å²) < 4.78 is 0. The Morgan fingerprint density at radius 2 is 1.96 bits per heavy atom. The van der Waals surface area contributed by atoms with Crippen LogP contribution >= 0.6 is 11.8 Å². The predicted molar refractivity (Wildman–Crippen MR) is 94.0 cm³/mol. The fraction of sp³-hybridized carbons (Fsp3) is 0.500. The Bertz CT molecular complexity index is 604. The minimum atomic E-state index is -0.970. The zero-order chi connectivity index (χ0) is 17.7. The number of carbonyl (C=O) groups is 3. The molecule has 1 amide bonds. The van der Waals surface area contributed by atoms with Crippen molar-refractivity contribution in [2.75, 3.05) is 12.8 Å². The molecule has 0 aliphatic carbocycles. The van der Waals surface area contributed by atoms with Gasteiger partial charge in [0.2, 0.25) is 5.91 Å². The molecule has 0 bridgehead atoms. The summed E-state index contributed by atoms with van der Waals surface area (Å²) >= 11 is 1.58. The third-order valence-corrected chi connectivity index (χ3v) is 5.37. The quantitative estimate of drug-likeness (QED) is 0.817. The van der Waals surface area contributed by atoms with Crippen molar-refractivity contribution in [1.82, 2.24) is 4.90 Å². The van der Waals surface area contributed by atoms with Crippen molar-refractivity contribution in [3.05, 3.63) is 35.9 Å². The Kier molecular flexibility index (Phi) is 6.43. The summed E-state index contributed by atoms with van der Waals surface area (Å²) in [6.07, 6.45) is 2.83. The van der Waals surface area contributed by atoms with Gasteiger partial charge in [0.25, 0.3) is 0 Å². The second-order valence-electron chi connectivity index (χ2n) is 6.24. The smallest absolute Gasteiger partial charge is 0.326 e. The number of amides is 1. The molecule has 1 aliphatic rings. The van der Waals surface area contributed by atoms with Gasteiger partial charge in [-0.05, 0) is 18.2 Å². The van der Waals surface area contributed by atoms with Gasteiger partial charge in [-0.1, -0.05) is 37.3 Å². The summed E-state index contributed by atoms with van der Waals surface area (Å²) in [6, 6.07) is 8.63. The number of benzene rings is 1. The zero-order valence-corrected chi connectivity index (χ0v) is 14.8. The first-order valence-electron chi connectivity index (χ1n) is 8.04. The van der Waals surface area contributed by atoms with Crippen LogP contribution < -0.4 is 0 Å². The number of thioether (sulfide) groups is 1. The number of rotatable bonds is 7. The molecule has 0 aromatic heterocycles. The summed E-state index contributed by atoms with van der Waals surface area (Å²) in [4.78, 5) is 37.6. The molecule has 0 radical (unpaired) electrons. The Hall–Kier alpha value is -1.82. The Morgan fingerprint density at radius 3 is 2.54 bits per heavy atom. The third-order valence-electron chi connectivity index (χ3n) is 4.36. The minimum Gasteiger partial charge on any atom is -0.480 e. The molecule has 3 atom stereocenters. The largest absolute Gasteiger partial charge is 0.480 e.